The number of carbonyl (C=O) groups is 1. The summed E-state index contributed by atoms with van der Waals surface area (Å²) in [6.45, 7) is 0.473. The molecule has 1 amide bonds. The molecule has 0 aromatic carbocycles. The third-order valence-electron chi connectivity index (χ3n) is 3.37. The third-order valence-corrected chi connectivity index (χ3v) is 3.76. The van der Waals surface area contributed by atoms with Gasteiger partial charge in [0.1, 0.15) is 17.1 Å². The Hall–Kier alpha value is -2.07. The van der Waals surface area contributed by atoms with E-state index in [-0.39, 0.29) is 18.1 Å². The molecule has 0 aliphatic heterocycles. The van der Waals surface area contributed by atoms with Crippen molar-refractivity contribution in [2.75, 3.05) is 20.3 Å². The normalized spacial score (nSPS) is 11.5. The molecule has 0 fully saturated rings. The molecule has 0 saturated heterocycles. The fourth-order valence-corrected chi connectivity index (χ4v) is 2.48. The van der Waals surface area contributed by atoms with E-state index in [4.69, 9.17) is 20.8 Å². The van der Waals surface area contributed by atoms with E-state index in [2.05, 4.69) is 10.4 Å². The second kappa shape index (κ2) is 9.04. The molecule has 2 aromatic heterocycles. The summed E-state index contributed by atoms with van der Waals surface area (Å²) in [5.74, 6) is -0.439. The van der Waals surface area contributed by atoms with Crippen molar-refractivity contribution in [3.63, 3.8) is 0 Å². The van der Waals surface area contributed by atoms with Crippen LogP contribution in [-0.4, -0.2) is 35.9 Å². The Labute approximate surface area is 151 Å². The highest BCUT2D eigenvalue weighted by Crippen LogP contribution is 2.34. The van der Waals surface area contributed by atoms with Gasteiger partial charge >= 0.3 is 0 Å². The van der Waals surface area contributed by atoms with Gasteiger partial charge in [0.25, 0.3) is 18.8 Å². The second-order valence-corrected chi connectivity index (χ2v) is 5.59. The van der Waals surface area contributed by atoms with Crippen LogP contribution in [0.3, 0.4) is 0 Å². The second-order valence-electron chi connectivity index (χ2n) is 5.21. The van der Waals surface area contributed by atoms with Gasteiger partial charge in [0.15, 0.2) is 5.76 Å². The van der Waals surface area contributed by atoms with Crippen molar-refractivity contribution in [1.82, 2.24) is 15.1 Å². The molecule has 0 aliphatic carbocycles. The molecule has 2 aromatic rings. The quantitative estimate of drug-likeness (QED) is 0.516. The minimum atomic E-state index is -3.10. The van der Waals surface area contributed by atoms with Gasteiger partial charge in [-0.25, -0.2) is 17.6 Å². The fourth-order valence-electron chi connectivity index (χ4n) is 2.18. The molecule has 1 N–H and O–H groups in total. The number of halogens is 5. The van der Waals surface area contributed by atoms with E-state index < -0.39 is 35.2 Å². The summed E-state index contributed by atoms with van der Waals surface area (Å²) in [5.41, 5.74) is -1.76. The van der Waals surface area contributed by atoms with Crippen molar-refractivity contribution in [3.05, 3.63) is 40.1 Å². The first-order valence-electron chi connectivity index (χ1n) is 7.53. The summed E-state index contributed by atoms with van der Waals surface area (Å²) in [4.78, 5) is 11.9. The van der Waals surface area contributed by atoms with E-state index in [1.54, 1.807) is 0 Å². The largest absolute Gasteiger partial charge is 0.454 e. The Bertz CT molecular complexity index is 749. The van der Waals surface area contributed by atoms with Crippen molar-refractivity contribution in [1.29, 1.82) is 0 Å². The summed E-state index contributed by atoms with van der Waals surface area (Å²) in [7, 11) is 1.54. The number of ether oxygens (including phenoxy) is 1. The molecule has 0 aliphatic rings. The number of methoxy groups -OCH3 is 1. The zero-order valence-electron chi connectivity index (χ0n) is 13.6. The van der Waals surface area contributed by atoms with Gasteiger partial charge in [-0.3, -0.25) is 9.48 Å². The Morgan fingerprint density at radius 2 is 2.08 bits per heavy atom. The highest BCUT2D eigenvalue weighted by molar-refractivity contribution is 6.32. The molecule has 0 unspecified atom stereocenters. The van der Waals surface area contributed by atoms with E-state index in [0.717, 1.165) is 0 Å². The molecule has 0 radical (unpaired) electrons. The minimum absolute atomic E-state index is 0.0386. The summed E-state index contributed by atoms with van der Waals surface area (Å²) < 4.78 is 62.6. The molecule has 6 nitrogen and oxygen atoms in total. The lowest BCUT2D eigenvalue weighted by molar-refractivity contribution is 0.0918. The summed E-state index contributed by atoms with van der Waals surface area (Å²) in [6, 6.07) is 2.72. The summed E-state index contributed by atoms with van der Waals surface area (Å²) in [5, 5.41) is 5.24. The van der Waals surface area contributed by atoms with Gasteiger partial charge in [-0.15, -0.1) is 0 Å². The number of alkyl halides is 4. The standard InChI is InChI=1S/C15H16ClF4N3O3/c1-25-6-2-5-21-15(24)9-4-3-8(26-9)7-23-12(14(19)20)10(16)11(22-23)13(17)18/h3-4,13-14H,2,5-7H2,1H3,(H,21,24). The number of furan rings is 1. The van der Waals surface area contributed by atoms with Crippen LogP contribution >= 0.6 is 11.6 Å². The van der Waals surface area contributed by atoms with Crippen molar-refractivity contribution < 1.29 is 31.5 Å². The maximum atomic E-state index is 13.1. The molecule has 0 spiro atoms. The molecule has 2 rings (SSSR count). The maximum absolute atomic E-state index is 13.1. The number of amides is 1. The third kappa shape index (κ3) is 4.76. The smallest absolute Gasteiger partial charge is 0.286 e. The summed E-state index contributed by atoms with van der Waals surface area (Å²) in [6.07, 6.45) is -5.58. The lowest BCUT2D eigenvalue weighted by atomic mass is 10.3. The van der Waals surface area contributed by atoms with Gasteiger partial charge < -0.3 is 14.5 Å². The van der Waals surface area contributed by atoms with Gasteiger partial charge in [0.05, 0.1) is 11.6 Å². The average molecular weight is 398 g/mol. The van der Waals surface area contributed by atoms with Crippen LogP contribution in [0.2, 0.25) is 5.02 Å². The van der Waals surface area contributed by atoms with Crippen LogP contribution in [0, 0.1) is 0 Å². The van der Waals surface area contributed by atoms with E-state index in [1.807, 2.05) is 0 Å². The van der Waals surface area contributed by atoms with E-state index in [9.17, 15) is 22.4 Å². The molecule has 144 valence electrons. The number of carbonyl (C=O) groups excluding carboxylic acids is 1. The minimum Gasteiger partial charge on any atom is -0.454 e. The zero-order chi connectivity index (χ0) is 19.3. The molecule has 11 heteroatoms. The SMILES string of the molecule is COCCCNC(=O)c1ccc(Cn2nc(C(F)F)c(Cl)c2C(F)F)o1. The lowest BCUT2D eigenvalue weighted by Gasteiger charge is -2.05. The van der Waals surface area contributed by atoms with Crippen LogP contribution in [0.4, 0.5) is 17.6 Å². The molecule has 26 heavy (non-hydrogen) atoms. The number of nitrogens with one attached hydrogen (secondary N) is 1. The van der Waals surface area contributed by atoms with Gasteiger partial charge in [0.2, 0.25) is 0 Å². The Morgan fingerprint density at radius 3 is 2.69 bits per heavy atom. The van der Waals surface area contributed by atoms with E-state index >= 15 is 0 Å². The van der Waals surface area contributed by atoms with E-state index in [0.29, 0.717) is 24.3 Å². The van der Waals surface area contributed by atoms with Crippen molar-refractivity contribution in [2.24, 2.45) is 0 Å². The first-order chi connectivity index (χ1) is 12.3. The number of hydrogen-bond acceptors (Lipinski definition) is 4. The zero-order valence-corrected chi connectivity index (χ0v) is 14.4. The van der Waals surface area contributed by atoms with Crippen molar-refractivity contribution in [3.8, 4) is 0 Å². The van der Waals surface area contributed by atoms with Gasteiger partial charge in [-0.05, 0) is 18.6 Å². The average Bonchev–Trinajstić information content (AvgIpc) is 3.16. The lowest BCUT2D eigenvalue weighted by Crippen LogP contribution is -2.24. The van der Waals surface area contributed by atoms with Crippen molar-refractivity contribution in [2.45, 2.75) is 25.8 Å². The first kappa shape index (κ1) is 20.2. The van der Waals surface area contributed by atoms with E-state index in [1.165, 1.54) is 19.2 Å². The van der Waals surface area contributed by atoms with Crippen LogP contribution in [0.15, 0.2) is 16.5 Å². The Morgan fingerprint density at radius 1 is 1.35 bits per heavy atom. The van der Waals surface area contributed by atoms with Gasteiger partial charge in [0, 0.05) is 20.3 Å². The maximum Gasteiger partial charge on any atom is 0.286 e. The predicted molar refractivity (Wildman–Crippen MR) is 83.8 cm³/mol. The van der Waals surface area contributed by atoms with Crippen LogP contribution in [0.5, 0.6) is 0 Å². The Kier molecular flexibility index (Phi) is 7.04. The van der Waals surface area contributed by atoms with Crippen LogP contribution < -0.4 is 5.32 Å². The predicted octanol–water partition coefficient (Wildman–Crippen LogP) is 3.82. The molecule has 0 atom stereocenters. The van der Waals surface area contributed by atoms with Crippen molar-refractivity contribution >= 4 is 17.5 Å². The molecule has 2 heterocycles. The van der Waals surface area contributed by atoms with Crippen LogP contribution in [0.1, 0.15) is 47.0 Å². The monoisotopic (exact) mass is 397 g/mol. The topological polar surface area (TPSA) is 69.3 Å². The molecular weight excluding hydrogens is 382 g/mol. The molecule has 0 bridgehead atoms. The van der Waals surface area contributed by atoms with Crippen LogP contribution in [0.25, 0.3) is 0 Å². The Balaban J connectivity index is 2.11. The highest BCUT2D eigenvalue weighted by Gasteiger charge is 2.28. The number of aromatic nitrogens is 2. The van der Waals surface area contributed by atoms with Crippen LogP contribution in [-0.2, 0) is 11.3 Å². The highest BCUT2D eigenvalue weighted by atomic mass is 35.5. The molecule has 0 saturated carbocycles. The number of nitrogens with zero attached hydrogens (tertiary/aromatic N) is 2. The number of rotatable bonds is 9. The fraction of sp³-hybridized carbons (Fsp3) is 0.467. The first-order valence-corrected chi connectivity index (χ1v) is 7.91. The molecular formula is C15H16ClF4N3O3. The number of hydrogen-bond donors (Lipinski definition) is 1. The van der Waals surface area contributed by atoms with Gasteiger partial charge in [-0.2, -0.15) is 5.10 Å². The summed E-state index contributed by atoms with van der Waals surface area (Å²) >= 11 is 5.58. The van der Waals surface area contributed by atoms with Gasteiger partial charge in [-0.1, -0.05) is 11.6 Å².